The molecule has 1 aliphatic rings. The van der Waals surface area contributed by atoms with Crippen LogP contribution in [0.15, 0.2) is 0 Å². The van der Waals surface area contributed by atoms with E-state index in [2.05, 4.69) is 44.8 Å². The molecule has 0 spiro atoms. The molecule has 2 nitrogen and oxygen atoms in total. The number of nitrogens with one attached hydrogen (secondary N) is 1. The molecule has 2 heteroatoms. The summed E-state index contributed by atoms with van der Waals surface area (Å²) in [6, 6.07) is 0. The first-order chi connectivity index (χ1) is 9.47. The zero-order chi connectivity index (χ0) is 15.1. The van der Waals surface area contributed by atoms with Gasteiger partial charge in [-0.15, -0.1) is 0 Å². The van der Waals surface area contributed by atoms with Crippen LogP contribution < -0.4 is 5.32 Å². The van der Waals surface area contributed by atoms with Crippen LogP contribution in [0.1, 0.15) is 73.1 Å². The van der Waals surface area contributed by atoms with Gasteiger partial charge < -0.3 is 10.2 Å². The second-order valence-electron chi connectivity index (χ2n) is 7.68. The highest BCUT2D eigenvalue weighted by molar-refractivity contribution is 4.85. The Balaban J connectivity index is 2.55. The van der Waals surface area contributed by atoms with Gasteiger partial charge in [0.1, 0.15) is 0 Å². The quantitative estimate of drug-likeness (QED) is 0.668. The highest BCUT2D eigenvalue weighted by Gasteiger charge is 2.30. The molecule has 0 saturated carbocycles. The van der Waals surface area contributed by atoms with Crippen LogP contribution in [-0.4, -0.2) is 37.6 Å². The SMILES string of the molecule is CCCNCC(CC)(CC)CN1CCCC(C)(C)CC1. The summed E-state index contributed by atoms with van der Waals surface area (Å²) in [6.07, 6.45) is 7.95. The van der Waals surface area contributed by atoms with Gasteiger partial charge in [-0.25, -0.2) is 0 Å². The molecule has 0 amide bonds. The van der Waals surface area contributed by atoms with Crippen LogP contribution in [0, 0.1) is 10.8 Å². The van der Waals surface area contributed by atoms with Crippen LogP contribution in [0.3, 0.4) is 0 Å². The molecule has 1 heterocycles. The molecule has 1 aliphatic heterocycles. The zero-order valence-electron chi connectivity index (χ0n) is 14.7. The molecule has 0 aromatic rings. The fourth-order valence-electron chi connectivity index (χ4n) is 3.42. The standard InChI is InChI=1S/C18H38N2/c1-6-12-19-15-18(7-2,8-3)16-20-13-9-10-17(4,5)11-14-20/h19H,6-16H2,1-5H3. The highest BCUT2D eigenvalue weighted by Crippen LogP contribution is 2.33. The van der Waals surface area contributed by atoms with E-state index in [1.807, 2.05) is 0 Å². The number of hydrogen-bond donors (Lipinski definition) is 1. The lowest BCUT2D eigenvalue weighted by molar-refractivity contribution is 0.134. The molecular weight excluding hydrogens is 244 g/mol. The molecule has 0 unspecified atom stereocenters. The largest absolute Gasteiger partial charge is 0.316 e. The normalized spacial score (nSPS) is 20.9. The maximum absolute atomic E-state index is 3.67. The first kappa shape index (κ1) is 18.0. The number of likely N-dealkylation sites (tertiary alicyclic amines) is 1. The van der Waals surface area contributed by atoms with Gasteiger partial charge in [0.25, 0.3) is 0 Å². The topological polar surface area (TPSA) is 15.3 Å². The van der Waals surface area contributed by atoms with Crippen molar-refractivity contribution in [3.63, 3.8) is 0 Å². The van der Waals surface area contributed by atoms with Crippen molar-refractivity contribution in [1.29, 1.82) is 0 Å². The summed E-state index contributed by atoms with van der Waals surface area (Å²) in [5.74, 6) is 0. The van der Waals surface area contributed by atoms with Crippen molar-refractivity contribution in [2.24, 2.45) is 10.8 Å². The lowest BCUT2D eigenvalue weighted by Gasteiger charge is -2.37. The molecule has 0 radical (unpaired) electrons. The molecule has 0 atom stereocenters. The summed E-state index contributed by atoms with van der Waals surface area (Å²) in [5, 5.41) is 3.67. The molecule has 20 heavy (non-hydrogen) atoms. The van der Waals surface area contributed by atoms with E-state index in [0.29, 0.717) is 10.8 Å². The Morgan fingerprint density at radius 3 is 2.35 bits per heavy atom. The predicted octanol–water partition coefficient (Wildman–Crippen LogP) is 4.30. The molecule has 1 fully saturated rings. The highest BCUT2D eigenvalue weighted by atomic mass is 15.1. The second kappa shape index (κ2) is 8.38. The summed E-state index contributed by atoms with van der Waals surface area (Å²) in [6.45, 7) is 18.1. The minimum Gasteiger partial charge on any atom is -0.316 e. The molecule has 0 bridgehead atoms. The van der Waals surface area contributed by atoms with E-state index in [4.69, 9.17) is 0 Å². The Hall–Kier alpha value is -0.0800. The zero-order valence-corrected chi connectivity index (χ0v) is 14.7. The van der Waals surface area contributed by atoms with Crippen molar-refractivity contribution < 1.29 is 0 Å². The first-order valence-electron chi connectivity index (χ1n) is 8.90. The lowest BCUT2D eigenvalue weighted by atomic mass is 9.81. The number of rotatable bonds is 8. The van der Waals surface area contributed by atoms with Crippen molar-refractivity contribution in [1.82, 2.24) is 10.2 Å². The summed E-state index contributed by atoms with van der Waals surface area (Å²) in [5.41, 5.74) is 1.03. The average Bonchev–Trinajstić information content (AvgIpc) is 2.59. The smallest absolute Gasteiger partial charge is 0.00499 e. The molecule has 1 rings (SSSR count). The maximum Gasteiger partial charge on any atom is 0.00499 e. The van der Waals surface area contributed by atoms with Crippen LogP contribution in [0.25, 0.3) is 0 Å². The van der Waals surface area contributed by atoms with Gasteiger partial charge in [0.2, 0.25) is 0 Å². The van der Waals surface area contributed by atoms with Crippen molar-refractivity contribution >= 4 is 0 Å². The molecule has 0 aliphatic carbocycles. The summed E-state index contributed by atoms with van der Waals surface area (Å²) in [4.78, 5) is 2.75. The minimum absolute atomic E-state index is 0.476. The van der Waals surface area contributed by atoms with Gasteiger partial charge >= 0.3 is 0 Å². The Kier molecular flexibility index (Phi) is 7.53. The van der Waals surface area contributed by atoms with Gasteiger partial charge in [0.05, 0.1) is 0 Å². The Bertz CT molecular complexity index is 256. The van der Waals surface area contributed by atoms with E-state index in [9.17, 15) is 0 Å². The van der Waals surface area contributed by atoms with E-state index in [1.54, 1.807) is 0 Å². The minimum atomic E-state index is 0.476. The fraction of sp³-hybridized carbons (Fsp3) is 1.00. The molecular formula is C18H38N2. The fourth-order valence-corrected chi connectivity index (χ4v) is 3.42. The third kappa shape index (κ3) is 5.73. The van der Waals surface area contributed by atoms with Crippen LogP contribution in [-0.2, 0) is 0 Å². The van der Waals surface area contributed by atoms with Gasteiger partial charge in [-0.1, -0.05) is 34.6 Å². The Morgan fingerprint density at radius 2 is 1.75 bits per heavy atom. The third-order valence-electron chi connectivity index (χ3n) is 5.42. The molecule has 0 aromatic heterocycles. The van der Waals surface area contributed by atoms with Crippen molar-refractivity contribution in [3.05, 3.63) is 0 Å². The van der Waals surface area contributed by atoms with E-state index < -0.39 is 0 Å². The Morgan fingerprint density at radius 1 is 1.05 bits per heavy atom. The molecule has 0 aromatic carbocycles. The van der Waals surface area contributed by atoms with Crippen LogP contribution in [0.4, 0.5) is 0 Å². The average molecular weight is 283 g/mol. The monoisotopic (exact) mass is 282 g/mol. The lowest BCUT2D eigenvalue weighted by Crippen LogP contribution is -2.44. The van der Waals surface area contributed by atoms with Crippen LogP contribution in [0.5, 0.6) is 0 Å². The van der Waals surface area contributed by atoms with Gasteiger partial charge in [-0.2, -0.15) is 0 Å². The van der Waals surface area contributed by atoms with E-state index in [-0.39, 0.29) is 0 Å². The van der Waals surface area contributed by atoms with Gasteiger partial charge in [0.15, 0.2) is 0 Å². The number of nitrogens with zero attached hydrogens (tertiary/aromatic N) is 1. The second-order valence-corrected chi connectivity index (χ2v) is 7.68. The van der Waals surface area contributed by atoms with Crippen LogP contribution >= 0.6 is 0 Å². The third-order valence-corrected chi connectivity index (χ3v) is 5.42. The van der Waals surface area contributed by atoms with Crippen LogP contribution in [0.2, 0.25) is 0 Å². The summed E-state index contributed by atoms with van der Waals surface area (Å²) >= 11 is 0. The van der Waals surface area contributed by atoms with E-state index >= 15 is 0 Å². The van der Waals surface area contributed by atoms with Crippen molar-refractivity contribution in [2.45, 2.75) is 73.1 Å². The van der Waals surface area contributed by atoms with Crippen molar-refractivity contribution in [3.8, 4) is 0 Å². The maximum atomic E-state index is 3.67. The number of hydrogen-bond acceptors (Lipinski definition) is 2. The molecule has 1 saturated heterocycles. The van der Waals surface area contributed by atoms with Gasteiger partial charge in [-0.05, 0) is 69.0 Å². The molecule has 120 valence electrons. The van der Waals surface area contributed by atoms with Gasteiger partial charge in [0, 0.05) is 13.1 Å². The molecule has 1 N–H and O–H groups in total. The Labute approximate surface area is 127 Å². The predicted molar refractivity (Wildman–Crippen MR) is 90.2 cm³/mol. The van der Waals surface area contributed by atoms with Gasteiger partial charge in [-0.3, -0.25) is 0 Å². The van der Waals surface area contributed by atoms with E-state index in [1.165, 1.54) is 64.7 Å². The first-order valence-corrected chi connectivity index (χ1v) is 8.90. The summed E-state index contributed by atoms with van der Waals surface area (Å²) in [7, 11) is 0. The van der Waals surface area contributed by atoms with Crippen molar-refractivity contribution in [2.75, 3.05) is 32.7 Å². The summed E-state index contributed by atoms with van der Waals surface area (Å²) < 4.78 is 0. The van der Waals surface area contributed by atoms with E-state index in [0.717, 1.165) is 6.54 Å².